The molecule has 1 aromatic carbocycles. The van der Waals surface area contributed by atoms with Gasteiger partial charge < -0.3 is 9.84 Å². The molecule has 0 saturated carbocycles. The number of hydrogen-bond acceptors (Lipinski definition) is 2. The highest BCUT2D eigenvalue weighted by Gasteiger charge is 2.20. The molecule has 76 valence electrons. The fourth-order valence-corrected chi connectivity index (χ4v) is 2.07. The molecular formula is C11H13ClO2. The Hall–Kier alpha value is -0.730. The van der Waals surface area contributed by atoms with Gasteiger partial charge in [-0.1, -0.05) is 11.6 Å². The van der Waals surface area contributed by atoms with Crippen LogP contribution in [0.3, 0.4) is 0 Å². The smallest absolute Gasteiger partial charge is 0.122 e. The molecule has 14 heavy (non-hydrogen) atoms. The third kappa shape index (κ3) is 1.86. The Bertz CT molecular complexity index is 325. The van der Waals surface area contributed by atoms with E-state index < -0.39 is 0 Å². The first-order valence-corrected chi connectivity index (χ1v) is 5.22. The van der Waals surface area contributed by atoms with Crippen molar-refractivity contribution in [3.05, 3.63) is 28.8 Å². The fourth-order valence-electron chi connectivity index (χ4n) is 1.89. The number of rotatable bonds is 2. The maximum absolute atomic E-state index is 8.94. The second-order valence-electron chi connectivity index (χ2n) is 3.53. The first kappa shape index (κ1) is 9.81. The average Bonchev–Trinajstić information content (AvgIpc) is 2.19. The lowest BCUT2D eigenvalue weighted by molar-refractivity contribution is 0.230. The summed E-state index contributed by atoms with van der Waals surface area (Å²) in [6.45, 7) is 0.954. The summed E-state index contributed by atoms with van der Waals surface area (Å²) < 4.78 is 5.51. The Morgan fingerprint density at radius 3 is 3.14 bits per heavy atom. The van der Waals surface area contributed by atoms with E-state index in [9.17, 15) is 0 Å². The lowest BCUT2D eigenvalue weighted by atomic mass is 9.91. The van der Waals surface area contributed by atoms with Crippen LogP contribution in [0.2, 0.25) is 5.02 Å². The zero-order valence-electron chi connectivity index (χ0n) is 7.87. The molecule has 1 aliphatic rings. The minimum absolute atomic E-state index is 0.219. The predicted octanol–water partition coefficient (Wildman–Crippen LogP) is 2.59. The van der Waals surface area contributed by atoms with Gasteiger partial charge in [0.05, 0.1) is 6.61 Å². The number of aliphatic hydroxyl groups is 1. The second-order valence-corrected chi connectivity index (χ2v) is 3.96. The Labute approximate surface area is 88.5 Å². The van der Waals surface area contributed by atoms with E-state index in [0.29, 0.717) is 5.92 Å². The molecular weight excluding hydrogens is 200 g/mol. The van der Waals surface area contributed by atoms with Gasteiger partial charge >= 0.3 is 0 Å². The van der Waals surface area contributed by atoms with Gasteiger partial charge in [0.25, 0.3) is 0 Å². The van der Waals surface area contributed by atoms with E-state index >= 15 is 0 Å². The summed E-state index contributed by atoms with van der Waals surface area (Å²) in [6.07, 6.45) is 1.75. The first-order valence-electron chi connectivity index (χ1n) is 4.84. The van der Waals surface area contributed by atoms with E-state index in [4.69, 9.17) is 21.4 Å². The van der Waals surface area contributed by atoms with E-state index in [1.807, 2.05) is 18.2 Å². The van der Waals surface area contributed by atoms with Gasteiger partial charge in [-0.2, -0.15) is 0 Å². The van der Waals surface area contributed by atoms with Crippen LogP contribution in [0.1, 0.15) is 24.3 Å². The average molecular weight is 213 g/mol. The van der Waals surface area contributed by atoms with E-state index in [2.05, 4.69) is 0 Å². The summed E-state index contributed by atoms with van der Waals surface area (Å²) >= 11 is 5.92. The third-order valence-corrected chi connectivity index (χ3v) is 2.85. The second kappa shape index (κ2) is 4.20. The number of fused-ring (bicyclic) bond motifs is 1. The van der Waals surface area contributed by atoms with Gasteiger partial charge in [-0.3, -0.25) is 0 Å². The largest absolute Gasteiger partial charge is 0.493 e. The van der Waals surface area contributed by atoms with Crippen molar-refractivity contribution in [1.29, 1.82) is 0 Å². The molecule has 0 aliphatic carbocycles. The zero-order valence-corrected chi connectivity index (χ0v) is 8.63. The van der Waals surface area contributed by atoms with Crippen LogP contribution in [0.15, 0.2) is 18.2 Å². The molecule has 1 aliphatic heterocycles. The summed E-state index contributed by atoms with van der Waals surface area (Å²) in [7, 11) is 0. The Morgan fingerprint density at radius 1 is 1.50 bits per heavy atom. The zero-order chi connectivity index (χ0) is 9.97. The molecule has 3 heteroatoms. The highest BCUT2D eigenvalue weighted by molar-refractivity contribution is 6.30. The van der Waals surface area contributed by atoms with Crippen molar-refractivity contribution in [1.82, 2.24) is 0 Å². The topological polar surface area (TPSA) is 29.5 Å². The maximum atomic E-state index is 8.94. The fraction of sp³-hybridized carbons (Fsp3) is 0.455. The van der Waals surface area contributed by atoms with Gasteiger partial charge in [0.15, 0.2) is 0 Å². The van der Waals surface area contributed by atoms with Crippen LogP contribution >= 0.6 is 11.6 Å². The highest BCUT2D eigenvalue weighted by Crippen LogP contribution is 2.36. The van der Waals surface area contributed by atoms with Crippen molar-refractivity contribution in [2.24, 2.45) is 0 Å². The quantitative estimate of drug-likeness (QED) is 0.817. The molecule has 0 aromatic heterocycles. The molecule has 0 radical (unpaired) electrons. The predicted molar refractivity (Wildman–Crippen MR) is 56.0 cm³/mol. The lowest BCUT2D eigenvalue weighted by Gasteiger charge is -2.25. The highest BCUT2D eigenvalue weighted by atomic mass is 35.5. The van der Waals surface area contributed by atoms with Crippen LogP contribution in [0.5, 0.6) is 5.75 Å². The molecule has 0 fully saturated rings. The number of hydrogen-bond donors (Lipinski definition) is 1. The van der Waals surface area contributed by atoms with Crippen LogP contribution in [0.4, 0.5) is 0 Å². The molecule has 1 unspecified atom stereocenters. The summed E-state index contributed by atoms with van der Waals surface area (Å²) in [5, 5.41) is 9.67. The van der Waals surface area contributed by atoms with Crippen LogP contribution < -0.4 is 4.74 Å². The Morgan fingerprint density at radius 2 is 2.36 bits per heavy atom. The van der Waals surface area contributed by atoms with Crippen LogP contribution in [-0.2, 0) is 0 Å². The molecule has 1 atom stereocenters. The maximum Gasteiger partial charge on any atom is 0.122 e. The van der Waals surface area contributed by atoms with Crippen molar-refractivity contribution >= 4 is 11.6 Å². The molecule has 2 rings (SSSR count). The van der Waals surface area contributed by atoms with Crippen LogP contribution in [0, 0.1) is 0 Å². The molecule has 1 aromatic rings. The van der Waals surface area contributed by atoms with Gasteiger partial charge in [-0.15, -0.1) is 0 Å². The van der Waals surface area contributed by atoms with Crippen molar-refractivity contribution in [3.8, 4) is 5.75 Å². The number of ether oxygens (including phenoxy) is 1. The normalized spacial score (nSPS) is 20.0. The van der Waals surface area contributed by atoms with Crippen LogP contribution in [0.25, 0.3) is 0 Å². The SMILES string of the molecule is OCCC1CCOc2ccc(Cl)cc21. The van der Waals surface area contributed by atoms with E-state index in [1.165, 1.54) is 0 Å². The molecule has 0 amide bonds. The van der Waals surface area contributed by atoms with Crippen LogP contribution in [-0.4, -0.2) is 18.3 Å². The molecule has 0 bridgehead atoms. The first-order chi connectivity index (χ1) is 6.81. The van der Waals surface area contributed by atoms with E-state index in [0.717, 1.165) is 35.8 Å². The number of benzene rings is 1. The number of aliphatic hydroxyl groups excluding tert-OH is 1. The third-order valence-electron chi connectivity index (χ3n) is 2.61. The molecule has 0 spiro atoms. The summed E-state index contributed by atoms with van der Waals surface area (Å²) in [4.78, 5) is 0. The Balaban J connectivity index is 2.32. The summed E-state index contributed by atoms with van der Waals surface area (Å²) in [5.41, 5.74) is 1.14. The number of halogens is 1. The molecule has 1 N–H and O–H groups in total. The minimum atomic E-state index is 0.219. The van der Waals surface area contributed by atoms with Gasteiger partial charge in [0, 0.05) is 11.6 Å². The van der Waals surface area contributed by atoms with Crippen molar-refractivity contribution in [2.45, 2.75) is 18.8 Å². The molecule has 2 nitrogen and oxygen atoms in total. The van der Waals surface area contributed by atoms with Gasteiger partial charge in [-0.25, -0.2) is 0 Å². The van der Waals surface area contributed by atoms with Crippen molar-refractivity contribution < 1.29 is 9.84 Å². The summed E-state index contributed by atoms with van der Waals surface area (Å²) in [6, 6.07) is 5.68. The lowest BCUT2D eigenvalue weighted by Crippen LogP contribution is -2.15. The van der Waals surface area contributed by atoms with Crippen molar-refractivity contribution in [3.63, 3.8) is 0 Å². The monoisotopic (exact) mass is 212 g/mol. The minimum Gasteiger partial charge on any atom is -0.493 e. The van der Waals surface area contributed by atoms with Gasteiger partial charge in [0.1, 0.15) is 5.75 Å². The van der Waals surface area contributed by atoms with E-state index in [1.54, 1.807) is 0 Å². The van der Waals surface area contributed by atoms with Crippen molar-refractivity contribution in [2.75, 3.05) is 13.2 Å². The van der Waals surface area contributed by atoms with E-state index in [-0.39, 0.29) is 6.61 Å². The Kier molecular flexibility index (Phi) is 2.94. The molecule has 1 heterocycles. The molecule has 0 saturated heterocycles. The van der Waals surface area contributed by atoms with Gasteiger partial charge in [0.2, 0.25) is 0 Å². The summed E-state index contributed by atoms with van der Waals surface area (Å²) in [5.74, 6) is 1.31. The van der Waals surface area contributed by atoms with Gasteiger partial charge in [-0.05, 0) is 42.5 Å². The standard InChI is InChI=1S/C11H13ClO2/c12-9-1-2-11-10(7-9)8(3-5-13)4-6-14-11/h1-2,7-8,13H,3-6H2.